The molecular weight excluding hydrogens is 332 g/mol. The molecular formula is C16H15ClN4O3. The summed E-state index contributed by atoms with van der Waals surface area (Å²) in [6, 6.07) is 5.63. The summed E-state index contributed by atoms with van der Waals surface area (Å²) in [5, 5.41) is 22.4. The fraction of sp³-hybridized carbons (Fsp3) is 0.125. The average Bonchev–Trinajstić information content (AvgIpc) is 2.54. The maximum Gasteiger partial charge on any atom is 0.289 e. The lowest BCUT2D eigenvalue weighted by molar-refractivity contribution is -0.384. The molecule has 0 heterocycles. The van der Waals surface area contributed by atoms with Gasteiger partial charge in [-0.1, -0.05) is 23.8 Å². The summed E-state index contributed by atoms with van der Waals surface area (Å²) < 4.78 is 0. The Hall–Kier alpha value is -3.11. The fourth-order valence-corrected chi connectivity index (χ4v) is 1.95. The van der Waals surface area contributed by atoms with Crippen LogP contribution in [0.4, 0.5) is 11.4 Å². The standard InChI is InChI=1S/C16H15ClN4O3/c1-3-7-20(8-4-2)11-12(10-18)16(22)19-13-5-6-14(17)15(9-13)21(23)24/h3-6,9,11H,1-2,7-8H2,(H,19,22)/b12-11-. The van der Waals surface area contributed by atoms with E-state index >= 15 is 0 Å². The molecule has 1 amide bonds. The van der Waals surface area contributed by atoms with Gasteiger partial charge in [0.05, 0.1) is 4.92 Å². The normalized spacial score (nSPS) is 10.4. The van der Waals surface area contributed by atoms with E-state index in [9.17, 15) is 14.9 Å². The minimum atomic E-state index is -0.688. The van der Waals surface area contributed by atoms with Gasteiger partial charge < -0.3 is 10.2 Å². The molecule has 8 heteroatoms. The number of anilines is 1. The smallest absolute Gasteiger partial charge is 0.289 e. The van der Waals surface area contributed by atoms with Crippen LogP contribution >= 0.6 is 11.6 Å². The third kappa shape index (κ3) is 5.26. The van der Waals surface area contributed by atoms with E-state index in [2.05, 4.69) is 18.5 Å². The molecule has 0 unspecified atom stereocenters. The predicted molar refractivity (Wildman–Crippen MR) is 92.4 cm³/mol. The van der Waals surface area contributed by atoms with E-state index in [0.29, 0.717) is 13.1 Å². The van der Waals surface area contributed by atoms with Crippen molar-refractivity contribution in [1.29, 1.82) is 5.26 Å². The number of nitro groups is 1. The monoisotopic (exact) mass is 346 g/mol. The first-order valence-corrected chi connectivity index (χ1v) is 7.13. The number of rotatable bonds is 8. The molecule has 0 spiro atoms. The van der Waals surface area contributed by atoms with Crippen LogP contribution < -0.4 is 5.32 Å². The van der Waals surface area contributed by atoms with Gasteiger partial charge in [-0.15, -0.1) is 13.2 Å². The summed E-state index contributed by atoms with van der Waals surface area (Å²) in [5.74, 6) is -0.688. The van der Waals surface area contributed by atoms with Crippen LogP contribution in [0.15, 0.2) is 55.3 Å². The lowest BCUT2D eigenvalue weighted by Crippen LogP contribution is -2.21. The molecule has 0 aliphatic carbocycles. The number of benzene rings is 1. The predicted octanol–water partition coefficient (Wildman–Crippen LogP) is 3.27. The number of hydrogen-bond acceptors (Lipinski definition) is 5. The molecule has 124 valence electrons. The molecule has 7 nitrogen and oxygen atoms in total. The van der Waals surface area contributed by atoms with Gasteiger partial charge in [-0.05, 0) is 12.1 Å². The van der Waals surface area contributed by atoms with Crippen LogP contribution in [0, 0.1) is 21.4 Å². The highest BCUT2D eigenvalue weighted by atomic mass is 35.5. The summed E-state index contributed by atoms with van der Waals surface area (Å²) in [7, 11) is 0. The Morgan fingerprint density at radius 2 is 2.04 bits per heavy atom. The lowest BCUT2D eigenvalue weighted by Gasteiger charge is -2.16. The zero-order chi connectivity index (χ0) is 18.1. The summed E-state index contributed by atoms with van der Waals surface area (Å²) in [6.45, 7) is 8.05. The van der Waals surface area contributed by atoms with Gasteiger partial charge in [-0.2, -0.15) is 5.26 Å². The maximum atomic E-state index is 12.2. The Kier molecular flexibility index (Phi) is 7.20. The first-order chi connectivity index (χ1) is 11.4. The van der Waals surface area contributed by atoms with Crippen LogP contribution in [0.1, 0.15) is 0 Å². The SMILES string of the molecule is C=CCN(/C=C(/C#N)C(=O)Nc1ccc(Cl)c([N+](=O)[O-])c1)CC=C. The second-order valence-electron chi connectivity index (χ2n) is 4.56. The molecule has 0 saturated heterocycles. The molecule has 0 aliphatic heterocycles. The Balaban J connectivity index is 3.01. The van der Waals surface area contributed by atoms with Crippen molar-refractivity contribution in [2.24, 2.45) is 0 Å². The number of nitrogens with zero attached hydrogens (tertiary/aromatic N) is 3. The number of hydrogen-bond donors (Lipinski definition) is 1. The largest absolute Gasteiger partial charge is 0.369 e. The van der Waals surface area contributed by atoms with Crippen LogP contribution in [-0.4, -0.2) is 28.8 Å². The van der Waals surface area contributed by atoms with Crippen molar-refractivity contribution in [3.8, 4) is 6.07 Å². The molecule has 0 bridgehead atoms. The lowest BCUT2D eigenvalue weighted by atomic mass is 10.2. The Morgan fingerprint density at radius 3 is 2.54 bits per heavy atom. The molecule has 0 fully saturated rings. The van der Waals surface area contributed by atoms with Crippen LogP contribution in [0.5, 0.6) is 0 Å². The molecule has 0 atom stereocenters. The fourth-order valence-electron chi connectivity index (χ4n) is 1.76. The molecule has 0 aromatic heterocycles. The molecule has 0 aliphatic rings. The van der Waals surface area contributed by atoms with Gasteiger partial charge in [-0.25, -0.2) is 0 Å². The van der Waals surface area contributed by atoms with E-state index in [1.807, 2.05) is 0 Å². The second kappa shape index (κ2) is 9.12. The molecule has 0 saturated carbocycles. The van der Waals surface area contributed by atoms with Crippen molar-refractivity contribution < 1.29 is 9.72 Å². The van der Waals surface area contributed by atoms with E-state index in [-0.39, 0.29) is 22.0 Å². The van der Waals surface area contributed by atoms with Crippen molar-refractivity contribution in [3.05, 3.63) is 70.4 Å². The van der Waals surface area contributed by atoms with Gasteiger partial charge in [0.2, 0.25) is 0 Å². The van der Waals surface area contributed by atoms with Crippen LogP contribution in [-0.2, 0) is 4.79 Å². The number of carbonyl (C=O) groups excluding carboxylic acids is 1. The topological polar surface area (TPSA) is 99.3 Å². The van der Waals surface area contributed by atoms with Crippen molar-refractivity contribution in [2.75, 3.05) is 18.4 Å². The van der Waals surface area contributed by atoms with Gasteiger partial charge in [0, 0.05) is 31.0 Å². The number of halogens is 1. The third-order valence-corrected chi connectivity index (χ3v) is 3.12. The Labute approximate surface area is 144 Å². The average molecular weight is 347 g/mol. The van der Waals surface area contributed by atoms with Gasteiger partial charge in [0.1, 0.15) is 16.7 Å². The van der Waals surface area contributed by atoms with E-state index in [1.54, 1.807) is 23.1 Å². The summed E-state index contributed by atoms with van der Waals surface area (Å²) in [6.07, 6.45) is 4.62. The maximum absolute atomic E-state index is 12.2. The van der Waals surface area contributed by atoms with Crippen LogP contribution in [0.3, 0.4) is 0 Å². The summed E-state index contributed by atoms with van der Waals surface area (Å²) in [4.78, 5) is 24.0. The summed E-state index contributed by atoms with van der Waals surface area (Å²) in [5.41, 5.74) is -0.329. The number of nitrogens with one attached hydrogen (secondary N) is 1. The van der Waals surface area contributed by atoms with Crippen molar-refractivity contribution in [3.63, 3.8) is 0 Å². The van der Waals surface area contributed by atoms with E-state index in [0.717, 1.165) is 6.07 Å². The number of nitro benzene ring substituents is 1. The minimum Gasteiger partial charge on any atom is -0.369 e. The molecule has 24 heavy (non-hydrogen) atoms. The Bertz CT molecular complexity index is 727. The minimum absolute atomic E-state index is 0.0443. The Morgan fingerprint density at radius 1 is 1.42 bits per heavy atom. The van der Waals surface area contributed by atoms with Crippen molar-refractivity contribution in [2.45, 2.75) is 0 Å². The van der Waals surface area contributed by atoms with Crippen molar-refractivity contribution >= 4 is 28.9 Å². The first kappa shape index (κ1) is 18.9. The first-order valence-electron chi connectivity index (χ1n) is 6.76. The van der Waals surface area contributed by atoms with Crippen LogP contribution in [0.2, 0.25) is 5.02 Å². The van der Waals surface area contributed by atoms with Gasteiger partial charge in [0.25, 0.3) is 11.6 Å². The second-order valence-corrected chi connectivity index (χ2v) is 4.97. The summed E-state index contributed by atoms with van der Waals surface area (Å²) >= 11 is 5.71. The molecule has 1 aromatic rings. The molecule has 1 aromatic carbocycles. The van der Waals surface area contributed by atoms with Gasteiger partial charge >= 0.3 is 0 Å². The van der Waals surface area contributed by atoms with E-state index in [4.69, 9.17) is 16.9 Å². The van der Waals surface area contributed by atoms with Gasteiger partial charge in [-0.3, -0.25) is 14.9 Å². The van der Waals surface area contributed by atoms with Gasteiger partial charge in [0.15, 0.2) is 0 Å². The van der Waals surface area contributed by atoms with E-state index in [1.165, 1.54) is 18.3 Å². The highest BCUT2D eigenvalue weighted by molar-refractivity contribution is 6.32. The molecule has 1 N–H and O–H groups in total. The number of amides is 1. The highest BCUT2D eigenvalue weighted by Gasteiger charge is 2.16. The highest BCUT2D eigenvalue weighted by Crippen LogP contribution is 2.27. The zero-order valence-corrected chi connectivity index (χ0v) is 13.5. The van der Waals surface area contributed by atoms with E-state index < -0.39 is 10.8 Å². The quantitative estimate of drug-likeness (QED) is 0.256. The van der Waals surface area contributed by atoms with Crippen molar-refractivity contribution in [1.82, 2.24) is 4.90 Å². The van der Waals surface area contributed by atoms with Crippen LogP contribution in [0.25, 0.3) is 0 Å². The molecule has 0 radical (unpaired) electrons. The zero-order valence-electron chi connectivity index (χ0n) is 12.7. The number of carbonyl (C=O) groups is 1. The third-order valence-electron chi connectivity index (χ3n) is 2.80. The number of nitriles is 1. The molecule has 1 rings (SSSR count).